The van der Waals surface area contributed by atoms with Crippen LogP contribution in [0.25, 0.3) is 11.0 Å². The molecule has 3 N–H and O–H groups in total. The predicted octanol–water partition coefficient (Wildman–Crippen LogP) is 2.59. The van der Waals surface area contributed by atoms with E-state index in [9.17, 15) is 9.59 Å². The number of nitrogens with zero attached hydrogens (tertiary/aromatic N) is 4. The van der Waals surface area contributed by atoms with Crippen LogP contribution in [0.4, 0.5) is 5.13 Å². The first kappa shape index (κ1) is 18.3. The summed E-state index contributed by atoms with van der Waals surface area (Å²) in [5.41, 5.74) is 7.57. The molecule has 0 spiro atoms. The number of hydrogen-bond acceptors (Lipinski definition) is 7. The zero-order valence-corrected chi connectivity index (χ0v) is 16.5. The number of nitrogens with two attached hydrogens (primary N) is 1. The van der Waals surface area contributed by atoms with Crippen LogP contribution in [0.2, 0.25) is 0 Å². The number of rotatable bonds is 6. The third-order valence-corrected chi connectivity index (χ3v) is 5.66. The molecule has 0 saturated heterocycles. The van der Waals surface area contributed by atoms with Crippen LogP contribution >= 0.6 is 22.7 Å². The highest BCUT2D eigenvalue weighted by atomic mass is 32.1. The fourth-order valence-corrected chi connectivity index (χ4v) is 4.21. The van der Waals surface area contributed by atoms with Crippen LogP contribution in [0.1, 0.15) is 26.6 Å². The average Bonchev–Trinajstić information content (AvgIpc) is 3.37. The van der Waals surface area contributed by atoms with Gasteiger partial charge in [0.2, 0.25) is 5.91 Å². The number of carbonyl (C=O) groups is 2. The van der Waals surface area contributed by atoms with Gasteiger partial charge in [0.05, 0.1) is 35.8 Å². The van der Waals surface area contributed by atoms with Crippen LogP contribution in [-0.2, 0) is 17.8 Å². The number of thiophene rings is 1. The molecule has 4 aromatic heterocycles. The summed E-state index contributed by atoms with van der Waals surface area (Å²) in [7, 11) is 0. The lowest BCUT2D eigenvalue weighted by atomic mass is 10.1. The minimum absolute atomic E-state index is 0.0421. The molecule has 10 heteroatoms. The quantitative estimate of drug-likeness (QED) is 0.505. The normalized spacial score (nSPS) is 11.0. The molecule has 142 valence electrons. The summed E-state index contributed by atoms with van der Waals surface area (Å²) >= 11 is 2.89. The van der Waals surface area contributed by atoms with Crippen LogP contribution < -0.4 is 11.1 Å². The molecule has 0 fully saturated rings. The van der Waals surface area contributed by atoms with Gasteiger partial charge in [0.1, 0.15) is 0 Å². The van der Waals surface area contributed by atoms with E-state index in [0.29, 0.717) is 34.0 Å². The highest BCUT2D eigenvalue weighted by molar-refractivity contribution is 7.14. The van der Waals surface area contributed by atoms with Crippen LogP contribution in [0, 0.1) is 6.92 Å². The second kappa shape index (κ2) is 7.49. The maximum atomic E-state index is 12.8. The number of aromatic nitrogens is 4. The average molecular weight is 413 g/mol. The minimum atomic E-state index is -0.465. The van der Waals surface area contributed by atoms with Crippen molar-refractivity contribution in [3.05, 3.63) is 57.0 Å². The van der Waals surface area contributed by atoms with Crippen molar-refractivity contribution in [3.8, 4) is 0 Å². The van der Waals surface area contributed by atoms with Gasteiger partial charge in [-0.15, -0.1) is 22.7 Å². The monoisotopic (exact) mass is 412 g/mol. The van der Waals surface area contributed by atoms with Gasteiger partial charge in [0.25, 0.3) is 5.91 Å². The molecule has 28 heavy (non-hydrogen) atoms. The van der Waals surface area contributed by atoms with Gasteiger partial charge in [0, 0.05) is 16.0 Å². The van der Waals surface area contributed by atoms with Gasteiger partial charge in [-0.05, 0) is 24.4 Å². The number of aryl methyl sites for hydroxylation is 1. The second-order valence-corrected chi connectivity index (χ2v) is 8.06. The summed E-state index contributed by atoms with van der Waals surface area (Å²) < 4.78 is 1.79. The van der Waals surface area contributed by atoms with Gasteiger partial charge in [-0.25, -0.2) is 14.6 Å². The first-order chi connectivity index (χ1) is 13.5. The Balaban J connectivity index is 1.62. The predicted molar refractivity (Wildman–Crippen MR) is 109 cm³/mol. The Morgan fingerprint density at radius 2 is 2.14 bits per heavy atom. The van der Waals surface area contributed by atoms with Crippen molar-refractivity contribution in [2.75, 3.05) is 5.32 Å². The Morgan fingerprint density at radius 3 is 2.89 bits per heavy atom. The number of nitrogens with one attached hydrogen (secondary N) is 1. The Hall–Kier alpha value is -3.11. The first-order valence-corrected chi connectivity index (χ1v) is 10.1. The first-order valence-electron chi connectivity index (χ1n) is 8.39. The van der Waals surface area contributed by atoms with E-state index in [0.717, 1.165) is 10.6 Å². The van der Waals surface area contributed by atoms with Crippen molar-refractivity contribution in [2.24, 2.45) is 5.73 Å². The lowest BCUT2D eigenvalue weighted by Gasteiger charge is -2.06. The number of thiazole rings is 1. The highest BCUT2D eigenvalue weighted by Crippen LogP contribution is 2.23. The number of carbonyl (C=O) groups excluding carboxylic acids is 2. The molecule has 0 saturated carbocycles. The second-order valence-electron chi connectivity index (χ2n) is 6.17. The third-order valence-electron chi connectivity index (χ3n) is 4.00. The molecule has 0 bridgehead atoms. The number of hydrogen-bond donors (Lipinski definition) is 2. The summed E-state index contributed by atoms with van der Waals surface area (Å²) in [6.07, 6.45) is 1.70. The van der Waals surface area contributed by atoms with Crippen molar-refractivity contribution in [2.45, 2.75) is 19.9 Å². The number of pyridine rings is 1. The van der Waals surface area contributed by atoms with Crippen LogP contribution in [-0.4, -0.2) is 31.6 Å². The highest BCUT2D eigenvalue weighted by Gasteiger charge is 2.17. The van der Waals surface area contributed by atoms with Gasteiger partial charge in [-0.1, -0.05) is 6.07 Å². The molecule has 0 aliphatic heterocycles. The summed E-state index contributed by atoms with van der Waals surface area (Å²) in [6, 6.07) is 5.75. The number of fused-ring (bicyclic) bond motifs is 1. The van der Waals surface area contributed by atoms with Gasteiger partial charge < -0.3 is 5.73 Å². The molecule has 0 unspecified atom stereocenters. The van der Waals surface area contributed by atoms with Gasteiger partial charge in [-0.2, -0.15) is 5.10 Å². The molecule has 0 radical (unpaired) electrons. The Bertz CT molecular complexity index is 1160. The van der Waals surface area contributed by atoms with E-state index in [2.05, 4.69) is 20.4 Å². The van der Waals surface area contributed by atoms with E-state index in [1.165, 1.54) is 11.3 Å². The molecule has 4 aromatic rings. The molecule has 0 atom stereocenters. The minimum Gasteiger partial charge on any atom is -0.369 e. The smallest absolute Gasteiger partial charge is 0.258 e. The van der Waals surface area contributed by atoms with Crippen molar-refractivity contribution in [1.82, 2.24) is 19.7 Å². The van der Waals surface area contributed by atoms with Crippen LogP contribution in [0.5, 0.6) is 0 Å². The van der Waals surface area contributed by atoms with E-state index in [1.807, 2.05) is 24.4 Å². The lowest BCUT2D eigenvalue weighted by Crippen LogP contribution is -2.15. The molecule has 0 aliphatic carbocycles. The summed E-state index contributed by atoms with van der Waals surface area (Å²) in [4.78, 5) is 33.8. The molecule has 2 amide bonds. The summed E-state index contributed by atoms with van der Waals surface area (Å²) in [6.45, 7) is 2.44. The Labute approximate surface area is 168 Å². The van der Waals surface area contributed by atoms with Gasteiger partial charge in [-0.3, -0.25) is 14.9 Å². The molecular weight excluding hydrogens is 396 g/mol. The van der Waals surface area contributed by atoms with Crippen molar-refractivity contribution in [3.63, 3.8) is 0 Å². The van der Waals surface area contributed by atoms with E-state index < -0.39 is 5.91 Å². The van der Waals surface area contributed by atoms with Crippen molar-refractivity contribution < 1.29 is 9.59 Å². The topological polar surface area (TPSA) is 116 Å². The summed E-state index contributed by atoms with van der Waals surface area (Å²) in [5, 5.41) is 12.0. The zero-order chi connectivity index (χ0) is 19.7. The molecule has 0 aliphatic rings. The summed E-state index contributed by atoms with van der Waals surface area (Å²) in [5.74, 6) is -0.765. The van der Waals surface area contributed by atoms with Crippen LogP contribution in [0.15, 0.2) is 35.2 Å². The zero-order valence-electron chi connectivity index (χ0n) is 14.9. The molecule has 4 heterocycles. The Kier molecular flexibility index (Phi) is 4.88. The third kappa shape index (κ3) is 3.78. The fourth-order valence-electron chi connectivity index (χ4n) is 2.82. The number of primary amides is 1. The van der Waals surface area contributed by atoms with Gasteiger partial charge >= 0.3 is 0 Å². The maximum absolute atomic E-state index is 12.8. The molecular formula is C18H16N6O2S2. The maximum Gasteiger partial charge on any atom is 0.258 e. The molecule has 4 rings (SSSR count). The van der Waals surface area contributed by atoms with E-state index in [1.54, 1.807) is 33.7 Å². The standard InChI is InChI=1S/C18H16N6O2S2/c1-10-5-13(17(26)23-18-22-11(9-28-18)6-15(19)25)14-7-20-24(16(14)21-10)8-12-3-2-4-27-12/h2-5,7,9H,6,8H2,1H3,(H2,19,25)(H,22,23,26). The molecule has 8 nitrogen and oxygen atoms in total. The lowest BCUT2D eigenvalue weighted by molar-refractivity contribution is -0.117. The van der Waals surface area contributed by atoms with E-state index in [4.69, 9.17) is 5.73 Å². The molecule has 0 aromatic carbocycles. The van der Waals surface area contributed by atoms with E-state index >= 15 is 0 Å². The Morgan fingerprint density at radius 1 is 1.29 bits per heavy atom. The van der Waals surface area contributed by atoms with Gasteiger partial charge in [0.15, 0.2) is 10.8 Å². The number of anilines is 1. The van der Waals surface area contributed by atoms with Crippen molar-refractivity contribution in [1.29, 1.82) is 0 Å². The van der Waals surface area contributed by atoms with Crippen LogP contribution in [0.3, 0.4) is 0 Å². The fraction of sp³-hybridized carbons (Fsp3) is 0.167. The number of amides is 2. The van der Waals surface area contributed by atoms with E-state index in [-0.39, 0.29) is 12.3 Å². The largest absolute Gasteiger partial charge is 0.369 e. The SMILES string of the molecule is Cc1cc(C(=O)Nc2nc(CC(N)=O)cs2)c2cnn(Cc3cccs3)c2n1. The van der Waals surface area contributed by atoms with Crippen molar-refractivity contribution >= 4 is 50.7 Å².